The Bertz CT molecular complexity index is 2360. The lowest BCUT2D eigenvalue weighted by molar-refractivity contribution is 0.684. The van der Waals surface area contributed by atoms with E-state index < -0.39 is 0 Å². The molecule has 0 heteroatoms. The first-order chi connectivity index (χ1) is 25.9. The van der Waals surface area contributed by atoms with E-state index in [9.17, 15) is 0 Å². The number of aryl methyl sites for hydroxylation is 2. The lowest BCUT2D eigenvalue weighted by Gasteiger charge is -2.25. The van der Waals surface area contributed by atoms with Crippen molar-refractivity contribution >= 4 is 68.8 Å². The van der Waals surface area contributed by atoms with E-state index in [0.717, 1.165) is 0 Å². The molecule has 6 aromatic carbocycles. The van der Waals surface area contributed by atoms with Gasteiger partial charge in [-0.1, -0.05) is 173 Å². The molecule has 0 spiro atoms. The molecular weight excluding hydrogens is 649 g/mol. The Labute approximate surface area is 324 Å². The minimum absolute atomic E-state index is 0.138. The number of benzene rings is 6. The molecule has 2 aliphatic carbocycles. The SMILES string of the molecule is CC1(C)C=Cc2ccc3c4c(ccc3c21)C=CC4(C)C.CC=Cc1ccc2c(C)c(/C=C\C)ccc2c1C.CC=Cc1ccc2cc(/C=C\C)ccc2c1. The summed E-state index contributed by atoms with van der Waals surface area (Å²) in [6.45, 7) is 21.8. The fraction of sp³-hybridized carbons (Fsp3) is 0.222. The summed E-state index contributed by atoms with van der Waals surface area (Å²) in [6.07, 6.45) is 26.1. The summed E-state index contributed by atoms with van der Waals surface area (Å²) in [5.74, 6) is 0. The fourth-order valence-corrected chi connectivity index (χ4v) is 8.25. The van der Waals surface area contributed by atoms with Gasteiger partial charge in [0.1, 0.15) is 0 Å². The zero-order valence-corrected chi connectivity index (χ0v) is 34.0. The molecule has 0 amide bonds. The molecule has 0 fully saturated rings. The summed E-state index contributed by atoms with van der Waals surface area (Å²) in [7, 11) is 0. The quantitative estimate of drug-likeness (QED) is 0.171. The minimum Gasteiger partial charge on any atom is -0.0871 e. The predicted molar refractivity (Wildman–Crippen MR) is 244 cm³/mol. The number of hydrogen-bond donors (Lipinski definition) is 0. The molecule has 8 rings (SSSR count). The topological polar surface area (TPSA) is 0 Å². The van der Waals surface area contributed by atoms with E-state index >= 15 is 0 Å². The van der Waals surface area contributed by atoms with E-state index in [4.69, 9.17) is 0 Å². The molecule has 0 aromatic heterocycles. The summed E-state index contributed by atoms with van der Waals surface area (Å²) in [4.78, 5) is 0. The van der Waals surface area contributed by atoms with Gasteiger partial charge in [-0.05, 0) is 142 Å². The lowest BCUT2D eigenvalue weighted by atomic mass is 9.79. The first-order valence-electron chi connectivity index (χ1n) is 19.5. The molecule has 0 nitrogen and oxygen atoms in total. The van der Waals surface area contributed by atoms with Crippen LogP contribution in [0.25, 0.3) is 68.8 Å². The van der Waals surface area contributed by atoms with Gasteiger partial charge in [0.05, 0.1) is 0 Å². The van der Waals surface area contributed by atoms with Crippen LogP contribution in [0.1, 0.15) is 111 Å². The third-order valence-electron chi connectivity index (χ3n) is 11.0. The molecule has 0 bridgehead atoms. The van der Waals surface area contributed by atoms with Gasteiger partial charge < -0.3 is 0 Å². The van der Waals surface area contributed by atoms with Crippen molar-refractivity contribution < 1.29 is 0 Å². The molecule has 2 aliphatic rings. The second-order valence-corrected chi connectivity index (χ2v) is 15.8. The molecule has 0 aliphatic heterocycles. The van der Waals surface area contributed by atoms with Crippen LogP contribution in [0.4, 0.5) is 0 Å². The average molecular weight is 705 g/mol. The smallest absolute Gasteiger partial charge is 0.00907 e. The first-order valence-corrected chi connectivity index (χ1v) is 19.5. The largest absolute Gasteiger partial charge is 0.0871 e. The monoisotopic (exact) mass is 704 g/mol. The van der Waals surface area contributed by atoms with Crippen molar-refractivity contribution in [1.29, 1.82) is 0 Å². The van der Waals surface area contributed by atoms with E-state index in [1.165, 1.54) is 88.0 Å². The Morgan fingerprint density at radius 2 is 0.778 bits per heavy atom. The van der Waals surface area contributed by atoms with E-state index in [1.807, 2.05) is 13.8 Å². The molecule has 0 atom stereocenters. The zero-order chi connectivity index (χ0) is 38.6. The maximum atomic E-state index is 2.33. The van der Waals surface area contributed by atoms with E-state index in [2.05, 4.69) is 213 Å². The van der Waals surface area contributed by atoms with Crippen LogP contribution in [-0.4, -0.2) is 0 Å². The van der Waals surface area contributed by atoms with Crippen LogP contribution in [0.2, 0.25) is 0 Å². The van der Waals surface area contributed by atoms with Crippen LogP contribution in [0.15, 0.2) is 121 Å². The van der Waals surface area contributed by atoms with Crippen LogP contribution < -0.4 is 0 Å². The Morgan fingerprint density at radius 3 is 1.15 bits per heavy atom. The molecule has 54 heavy (non-hydrogen) atoms. The Balaban J connectivity index is 0.000000139. The highest BCUT2D eigenvalue weighted by molar-refractivity contribution is 5.98. The second-order valence-electron chi connectivity index (χ2n) is 15.8. The number of allylic oxidation sites excluding steroid dienone is 6. The second kappa shape index (κ2) is 15.9. The van der Waals surface area contributed by atoms with Gasteiger partial charge in [0.15, 0.2) is 0 Å². The van der Waals surface area contributed by atoms with Crippen molar-refractivity contribution in [3.63, 3.8) is 0 Å². The predicted octanol–water partition coefficient (Wildman–Crippen LogP) is 15.9. The highest BCUT2D eigenvalue weighted by atomic mass is 14.3. The summed E-state index contributed by atoms with van der Waals surface area (Å²) >= 11 is 0. The summed E-state index contributed by atoms with van der Waals surface area (Å²) < 4.78 is 0. The number of fused-ring (bicyclic) bond motifs is 7. The molecule has 0 N–H and O–H groups in total. The van der Waals surface area contributed by atoms with Crippen LogP contribution >= 0.6 is 0 Å². The number of hydrogen-bond acceptors (Lipinski definition) is 0. The Hall–Kier alpha value is -5.46. The van der Waals surface area contributed by atoms with Gasteiger partial charge in [-0.2, -0.15) is 0 Å². The Kier molecular flexibility index (Phi) is 11.3. The molecule has 0 saturated heterocycles. The van der Waals surface area contributed by atoms with Crippen molar-refractivity contribution in [3.8, 4) is 0 Å². The third-order valence-corrected chi connectivity index (χ3v) is 11.0. The fourth-order valence-electron chi connectivity index (χ4n) is 8.25. The maximum Gasteiger partial charge on any atom is 0.00907 e. The van der Waals surface area contributed by atoms with Crippen LogP contribution in [0.3, 0.4) is 0 Å². The van der Waals surface area contributed by atoms with E-state index in [0.29, 0.717) is 0 Å². The summed E-state index contributed by atoms with van der Waals surface area (Å²) in [5.41, 5.74) is 13.9. The lowest BCUT2D eigenvalue weighted by Crippen LogP contribution is -2.14. The van der Waals surface area contributed by atoms with E-state index in [1.54, 1.807) is 0 Å². The first kappa shape index (κ1) is 38.3. The van der Waals surface area contributed by atoms with Gasteiger partial charge in [0, 0.05) is 10.8 Å². The molecule has 0 unspecified atom stereocenters. The van der Waals surface area contributed by atoms with Crippen molar-refractivity contribution in [2.24, 2.45) is 0 Å². The minimum atomic E-state index is 0.138. The molecular formula is C54H56. The maximum absolute atomic E-state index is 2.33. The molecule has 0 heterocycles. The highest BCUT2D eigenvalue weighted by Gasteiger charge is 2.31. The molecule has 0 radical (unpaired) electrons. The highest BCUT2D eigenvalue weighted by Crippen LogP contribution is 2.45. The average Bonchev–Trinajstić information content (AvgIpc) is 3.65. The van der Waals surface area contributed by atoms with Crippen molar-refractivity contribution in [2.45, 2.75) is 80.1 Å². The van der Waals surface area contributed by atoms with Crippen molar-refractivity contribution in [2.75, 3.05) is 0 Å². The third kappa shape index (κ3) is 7.62. The van der Waals surface area contributed by atoms with Crippen molar-refractivity contribution in [1.82, 2.24) is 0 Å². The van der Waals surface area contributed by atoms with Crippen LogP contribution in [0.5, 0.6) is 0 Å². The Morgan fingerprint density at radius 1 is 0.407 bits per heavy atom. The zero-order valence-electron chi connectivity index (χ0n) is 34.0. The molecule has 272 valence electrons. The standard InChI is InChI=1S/C20H20.C18H20.C16H16/c1-19(2)11-9-13-5-8-16-15(17(13)19)7-6-14-10-12-20(3,4)18(14)16;1-5-7-15-9-11-18-14(4)16(8-6-2)10-12-17(18)13(15)3;1-3-5-13-7-9-16-12-14(6-4-2)8-10-15(16)11-13/h5-12H,1-4H3;5-12H,1-4H3;3-12H,1-2H3/b;7-5-,8-6?;5-3-,6-4?. The summed E-state index contributed by atoms with van der Waals surface area (Å²) in [5, 5.41) is 8.15. The van der Waals surface area contributed by atoms with Gasteiger partial charge in [-0.3, -0.25) is 0 Å². The van der Waals surface area contributed by atoms with Crippen LogP contribution in [0, 0.1) is 13.8 Å². The normalized spacial score (nSPS) is 15.1. The van der Waals surface area contributed by atoms with Gasteiger partial charge in [0.25, 0.3) is 0 Å². The van der Waals surface area contributed by atoms with E-state index in [-0.39, 0.29) is 10.8 Å². The van der Waals surface area contributed by atoms with Crippen LogP contribution in [-0.2, 0) is 10.8 Å². The number of rotatable bonds is 4. The van der Waals surface area contributed by atoms with Crippen molar-refractivity contribution in [3.05, 3.63) is 177 Å². The molecule has 6 aromatic rings. The van der Waals surface area contributed by atoms with Gasteiger partial charge in [0.2, 0.25) is 0 Å². The van der Waals surface area contributed by atoms with Gasteiger partial charge in [-0.25, -0.2) is 0 Å². The van der Waals surface area contributed by atoms with Gasteiger partial charge >= 0.3 is 0 Å². The molecule has 0 saturated carbocycles. The summed E-state index contributed by atoms with van der Waals surface area (Å²) in [6, 6.07) is 31.2. The van der Waals surface area contributed by atoms with Gasteiger partial charge in [-0.15, -0.1) is 0 Å².